The Morgan fingerprint density at radius 1 is 0.793 bits per heavy atom. The van der Waals surface area contributed by atoms with Crippen LogP contribution in [0.1, 0.15) is 16.7 Å². The van der Waals surface area contributed by atoms with Crippen molar-refractivity contribution in [3.8, 4) is 22.6 Å². The summed E-state index contributed by atoms with van der Waals surface area (Å²) in [7, 11) is 0. The number of hydrogen-bond acceptors (Lipinski definition) is 3. The molecule has 0 aromatic heterocycles. The van der Waals surface area contributed by atoms with Gasteiger partial charge in [0.2, 0.25) is 0 Å². The van der Waals surface area contributed by atoms with E-state index in [1.807, 2.05) is 24.3 Å². The fourth-order valence-electron chi connectivity index (χ4n) is 3.21. The van der Waals surface area contributed by atoms with E-state index in [-0.39, 0.29) is 17.3 Å². The SMILES string of the molecule is C=CCc1ccc(O)c(-c2cc(CC=C)cc(NCc3ccc(F)cc3)c2O)c1. The van der Waals surface area contributed by atoms with E-state index in [1.165, 1.54) is 12.1 Å². The van der Waals surface area contributed by atoms with Gasteiger partial charge >= 0.3 is 0 Å². The molecule has 3 rings (SSSR count). The summed E-state index contributed by atoms with van der Waals surface area (Å²) in [6.45, 7) is 7.97. The number of anilines is 1. The Balaban J connectivity index is 2.01. The molecule has 0 radical (unpaired) electrons. The number of phenols is 2. The van der Waals surface area contributed by atoms with Crippen molar-refractivity contribution in [2.45, 2.75) is 19.4 Å². The number of benzene rings is 3. The molecule has 3 nitrogen and oxygen atoms in total. The third kappa shape index (κ3) is 4.85. The minimum atomic E-state index is -0.290. The lowest BCUT2D eigenvalue weighted by atomic mass is 9.96. The van der Waals surface area contributed by atoms with Crippen molar-refractivity contribution in [1.82, 2.24) is 0 Å². The van der Waals surface area contributed by atoms with Crippen LogP contribution in [0.4, 0.5) is 10.1 Å². The van der Waals surface area contributed by atoms with Crippen LogP contribution in [0.5, 0.6) is 11.5 Å². The summed E-state index contributed by atoms with van der Waals surface area (Å²) in [5.74, 6) is -0.152. The van der Waals surface area contributed by atoms with E-state index in [0.717, 1.165) is 16.7 Å². The van der Waals surface area contributed by atoms with Crippen LogP contribution in [0.15, 0.2) is 79.9 Å². The fourth-order valence-corrected chi connectivity index (χ4v) is 3.21. The van der Waals surface area contributed by atoms with Crippen LogP contribution >= 0.6 is 0 Å². The van der Waals surface area contributed by atoms with E-state index in [2.05, 4.69) is 18.5 Å². The number of rotatable bonds is 8. The van der Waals surface area contributed by atoms with Crippen LogP contribution in [-0.4, -0.2) is 10.2 Å². The van der Waals surface area contributed by atoms with Gasteiger partial charge in [-0.1, -0.05) is 30.4 Å². The molecule has 0 amide bonds. The molecular weight excluding hydrogens is 365 g/mol. The Morgan fingerprint density at radius 2 is 1.41 bits per heavy atom. The molecule has 0 unspecified atom stereocenters. The van der Waals surface area contributed by atoms with Crippen molar-refractivity contribution in [3.05, 3.63) is 102 Å². The number of allylic oxidation sites excluding steroid dienone is 2. The molecule has 148 valence electrons. The van der Waals surface area contributed by atoms with E-state index < -0.39 is 0 Å². The molecule has 0 aliphatic rings. The maximum atomic E-state index is 13.1. The maximum Gasteiger partial charge on any atom is 0.146 e. The predicted molar refractivity (Wildman–Crippen MR) is 117 cm³/mol. The summed E-state index contributed by atoms with van der Waals surface area (Å²) in [5, 5.41) is 24.5. The van der Waals surface area contributed by atoms with Gasteiger partial charge in [0.1, 0.15) is 17.3 Å². The molecule has 3 aromatic rings. The number of hydrogen-bond donors (Lipinski definition) is 3. The van der Waals surface area contributed by atoms with Gasteiger partial charge in [-0.05, 0) is 65.9 Å². The van der Waals surface area contributed by atoms with Gasteiger partial charge in [0.05, 0.1) is 5.69 Å². The van der Waals surface area contributed by atoms with Crippen molar-refractivity contribution in [1.29, 1.82) is 0 Å². The first kappa shape index (κ1) is 20.2. The Bertz CT molecular complexity index is 1030. The average Bonchev–Trinajstić information content (AvgIpc) is 2.71. The van der Waals surface area contributed by atoms with Crippen LogP contribution in [0.3, 0.4) is 0 Å². The number of phenolic OH excluding ortho intramolecular Hbond substituents is 2. The summed E-state index contributed by atoms with van der Waals surface area (Å²) in [5.41, 5.74) is 4.45. The Hall–Kier alpha value is -3.53. The molecular formula is C25H24FNO2. The van der Waals surface area contributed by atoms with Crippen LogP contribution in [0.2, 0.25) is 0 Å². The minimum absolute atomic E-state index is 0.0472. The number of nitrogens with one attached hydrogen (secondary N) is 1. The first-order chi connectivity index (χ1) is 14.0. The van der Waals surface area contributed by atoms with Gasteiger partial charge in [0, 0.05) is 17.7 Å². The third-order valence-corrected chi connectivity index (χ3v) is 4.68. The third-order valence-electron chi connectivity index (χ3n) is 4.68. The van der Waals surface area contributed by atoms with Gasteiger partial charge in [-0.25, -0.2) is 4.39 Å². The highest BCUT2D eigenvalue weighted by molar-refractivity contribution is 5.82. The van der Waals surface area contributed by atoms with Gasteiger partial charge in [-0.2, -0.15) is 0 Å². The molecule has 0 saturated heterocycles. The normalized spacial score (nSPS) is 10.5. The van der Waals surface area contributed by atoms with E-state index in [4.69, 9.17) is 0 Å². The molecule has 0 heterocycles. The molecule has 0 aliphatic carbocycles. The van der Waals surface area contributed by atoms with Gasteiger partial charge < -0.3 is 15.5 Å². The summed E-state index contributed by atoms with van der Waals surface area (Å²) in [4.78, 5) is 0. The zero-order valence-electron chi connectivity index (χ0n) is 16.2. The molecule has 4 heteroatoms. The number of halogens is 1. The summed E-state index contributed by atoms with van der Waals surface area (Å²) in [6.07, 6.45) is 4.86. The molecule has 3 aromatic carbocycles. The zero-order valence-corrected chi connectivity index (χ0v) is 16.2. The highest BCUT2D eigenvalue weighted by Crippen LogP contribution is 2.41. The second-order valence-corrected chi connectivity index (χ2v) is 6.86. The van der Waals surface area contributed by atoms with Gasteiger partial charge in [0.15, 0.2) is 0 Å². The summed E-state index contributed by atoms with van der Waals surface area (Å²) >= 11 is 0. The minimum Gasteiger partial charge on any atom is -0.507 e. The van der Waals surface area contributed by atoms with Crippen molar-refractivity contribution in [3.63, 3.8) is 0 Å². The van der Waals surface area contributed by atoms with E-state index in [1.54, 1.807) is 30.4 Å². The zero-order chi connectivity index (χ0) is 20.8. The molecule has 3 N–H and O–H groups in total. The van der Waals surface area contributed by atoms with Crippen LogP contribution in [0, 0.1) is 5.82 Å². The van der Waals surface area contributed by atoms with Crippen LogP contribution < -0.4 is 5.32 Å². The van der Waals surface area contributed by atoms with Crippen LogP contribution in [0.25, 0.3) is 11.1 Å². The molecule has 0 bridgehead atoms. The predicted octanol–water partition coefficient (Wildman–Crippen LogP) is 5.97. The molecule has 0 saturated carbocycles. The standard InChI is InChI=1S/C25H24FNO2/c1-3-5-17-9-12-24(28)21(13-17)22-14-19(6-4-2)15-23(25(22)29)27-16-18-7-10-20(26)11-8-18/h3-4,7-15,27-29H,1-2,5-6,16H2. The maximum absolute atomic E-state index is 13.1. The van der Waals surface area contributed by atoms with E-state index >= 15 is 0 Å². The summed E-state index contributed by atoms with van der Waals surface area (Å²) in [6, 6.07) is 15.2. The monoisotopic (exact) mass is 389 g/mol. The lowest BCUT2D eigenvalue weighted by Crippen LogP contribution is -2.01. The lowest BCUT2D eigenvalue weighted by molar-refractivity contribution is 0.470. The molecule has 29 heavy (non-hydrogen) atoms. The Morgan fingerprint density at radius 3 is 2.10 bits per heavy atom. The quantitative estimate of drug-likeness (QED) is 0.328. The molecule has 0 spiro atoms. The van der Waals surface area contributed by atoms with Crippen LogP contribution in [-0.2, 0) is 19.4 Å². The molecule has 0 aliphatic heterocycles. The smallest absolute Gasteiger partial charge is 0.146 e. The fraction of sp³-hybridized carbons (Fsp3) is 0.120. The van der Waals surface area contributed by atoms with Crippen molar-refractivity contribution in [2.75, 3.05) is 5.32 Å². The van der Waals surface area contributed by atoms with Gasteiger partial charge in [-0.3, -0.25) is 0 Å². The highest BCUT2D eigenvalue weighted by atomic mass is 19.1. The topological polar surface area (TPSA) is 52.5 Å². The van der Waals surface area contributed by atoms with E-state index in [0.29, 0.717) is 36.2 Å². The molecule has 0 fully saturated rings. The Kier molecular flexibility index (Phi) is 6.35. The average molecular weight is 389 g/mol. The Labute approximate surface area is 170 Å². The molecule has 0 atom stereocenters. The van der Waals surface area contributed by atoms with Crippen molar-refractivity contribution < 1.29 is 14.6 Å². The number of aromatic hydroxyl groups is 2. The lowest BCUT2D eigenvalue weighted by Gasteiger charge is -2.16. The highest BCUT2D eigenvalue weighted by Gasteiger charge is 2.15. The first-order valence-corrected chi connectivity index (χ1v) is 9.40. The van der Waals surface area contributed by atoms with Crippen molar-refractivity contribution >= 4 is 5.69 Å². The second-order valence-electron chi connectivity index (χ2n) is 6.86. The van der Waals surface area contributed by atoms with Crippen molar-refractivity contribution in [2.24, 2.45) is 0 Å². The second kappa shape index (κ2) is 9.11. The van der Waals surface area contributed by atoms with E-state index in [9.17, 15) is 14.6 Å². The first-order valence-electron chi connectivity index (χ1n) is 9.40. The van der Waals surface area contributed by atoms with Gasteiger partial charge in [0.25, 0.3) is 0 Å². The summed E-state index contributed by atoms with van der Waals surface area (Å²) < 4.78 is 13.1. The van der Waals surface area contributed by atoms with Gasteiger partial charge in [-0.15, -0.1) is 13.2 Å². The largest absolute Gasteiger partial charge is 0.507 e.